The van der Waals surface area contributed by atoms with Crippen molar-refractivity contribution in [3.05, 3.63) is 76.8 Å². The van der Waals surface area contributed by atoms with Crippen LogP contribution in [0.3, 0.4) is 0 Å². The molecule has 0 aliphatic heterocycles. The van der Waals surface area contributed by atoms with Gasteiger partial charge in [0.25, 0.3) is 5.69 Å². The van der Waals surface area contributed by atoms with Crippen molar-refractivity contribution in [1.82, 2.24) is 20.2 Å². The second-order valence-corrected chi connectivity index (χ2v) is 7.34. The molecule has 0 aliphatic carbocycles. The van der Waals surface area contributed by atoms with E-state index in [1.807, 2.05) is 24.3 Å². The van der Waals surface area contributed by atoms with Crippen molar-refractivity contribution in [2.24, 2.45) is 0 Å². The van der Waals surface area contributed by atoms with Gasteiger partial charge in [-0.1, -0.05) is 60.3 Å². The number of fused-ring (bicyclic) bond motifs is 1. The number of hydrogen-bond donors (Lipinski definition) is 1. The van der Waals surface area contributed by atoms with Crippen LogP contribution >= 0.6 is 11.8 Å². The van der Waals surface area contributed by atoms with Gasteiger partial charge in [-0.2, -0.15) is 4.68 Å². The molecule has 0 saturated heterocycles. The van der Waals surface area contributed by atoms with E-state index in [0.717, 1.165) is 28.6 Å². The zero-order valence-electron chi connectivity index (χ0n) is 15.4. The minimum absolute atomic E-state index is 0.0834. The lowest BCUT2D eigenvalue weighted by Crippen LogP contribution is -2.05. The summed E-state index contributed by atoms with van der Waals surface area (Å²) in [7, 11) is 0. The third-order valence-electron chi connectivity index (χ3n) is 4.40. The van der Waals surface area contributed by atoms with Crippen LogP contribution in [0.1, 0.15) is 6.42 Å². The fourth-order valence-electron chi connectivity index (χ4n) is 3.05. The van der Waals surface area contributed by atoms with E-state index in [1.54, 1.807) is 34.6 Å². The van der Waals surface area contributed by atoms with Crippen molar-refractivity contribution in [3.8, 4) is 5.69 Å². The lowest BCUT2D eigenvalue weighted by Gasteiger charge is -2.08. The van der Waals surface area contributed by atoms with Gasteiger partial charge in [0.2, 0.25) is 5.16 Å². The molecule has 0 unspecified atom stereocenters. The maximum absolute atomic E-state index is 11.1. The highest BCUT2D eigenvalue weighted by Gasteiger charge is 2.13. The van der Waals surface area contributed by atoms with E-state index in [-0.39, 0.29) is 10.6 Å². The number of benzene rings is 3. The Kier molecular flexibility index (Phi) is 5.66. The van der Waals surface area contributed by atoms with Crippen molar-refractivity contribution >= 4 is 33.9 Å². The fourth-order valence-corrected chi connectivity index (χ4v) is 3.88. The first-order chi connectivity index (χ1) is 14.2. The first-order valence-corrected chi connectivity index (χ1v) is 10.1. The summed E-state index contributed by atoms with van der Waals surface area (Å²) in [5.74, 6) is 0.777. The normalized spacial score (nSPS) is 10.9. The maximum Gasteiger partial charge on any atom is 0.292 e. The molecular formula is C20H18N6O2S. The van der Waals surface area contributed by atoms with Gasteiger partial charge in [-0.25, -0.2) is 0 Å². The summed E-state index contributed by atoms with van der Waals surface area (Å²) in [6.45, 7) is 0.619. The molecular weight excluding hydrogens is 388 g/mol. The molecule has 4 aromatic rings. The van der Waals surface area contributed by atoms with Crippen molar-refractivity contribution in [1.29, 1.82) is 0 Å². The highest BCUT2D eigenvalue weighted by Crippen LogP contribution is 2.26. The maximum atomic E-state index is 11.1. The molecule has 1 N–H and O–H groups in total. The summed E-state index contributed by atoms with van der Waals surface area (Å²) < 4.78 is 1.75. The van der Waals surface area contributed by atoms with Gasteiger partial charge in [-0.15, -0.1) is 5.10 Å². The van der Waals surface area contributed by atoms with E-state index >= 15 is 0 Å². The van der Waals surface area contributed by atoms with E-state index in [9.17, 15) is 10.1 Å². The van der Waals surface area contributed by atoms with Gasteiger partial charge in [0.05, 0.1) is 10.6 Å². The van der Waals surface area contributed by atoms with E-state index in [2.05, 4.69) is 39.0 Å². The first-order valence-electron chi connectivity index (χ1n) is 9.10. The molecule has 0 spiro atoms. The Bertz CT molecular complexity index is 1140. The molecule has 3 aromatic carbocycles. The number of para-hydroxylation sites is 2. The van der Waals surface area contributed by atoms with Crippen molar-refractivity contribution in [2.45, 2.75) is 11.6 Å². The van der Waals surface area contributed by atoms with Crippen LogP contribution in [0.2, 0.25) is 0 Å². The number of tetrazole rings is 1. The second-order valence-electron chi connectivity index (χ2n) is 6.27. The molecule has 1 heterocycles. The fraction of sp³-hybridized carbons (Fsp3) is 0.150. The number of thioether (sulfide) groups is 1. The Morgan fingerprint density at radius 3 is 2.72 bits per heavy atom. The minimum atomic E-state index is -0.380. The summed E-state index contributed by atoms with van der Waals surface area (Å²) in [5.41, 5.74) is 1.55. The third-order valence-corrected chi connectivity index (χ3v) is 5.41. The molecule has 0 atom stereocenters. The number of hydrogen-bond acceptors (Lipinski definition) is 7. The number of aromatic nitrogens is 4. The van der Waals surface area contributed by atoms with Crippen LogP contribution in [-0.4, -0.2) is 37.4 Å². The van der Waals surface area contributed by atoms with E-state index < -0.39 is 0 Å². The number of rotatable bonds is 8. The molecule has 0 amide bonds. The van der Waals surface area contributed by atoms with Crippen LogP contribution in [0.15, 0.2) is 71.9 Å². The smallest absolute Gasteiger partial charge is 0.292 e. The Balaban J connectivity index is 1.39. The zero-order chi connectivity index (χ0) is 20.1. The molecule has 0 fully saturated rings. The largest absolute Gasteiger partial charge is 0.379 e. The third kappa shape index (κ3) is 4.19. The summed E-state index contributed by atoms with van der Waals surface area (Å²) in [4.78, 5) is 10.7. The van der Waals surface area contributed by atoms with Crippen molar-refractivity contribution < 1.29 is 4.92 Å². The molecule has 29 heavy (non-hydrogen) atoms. The number of nitrogens with zero attached hydrogens (tertiary/aromatic N) is 5. The Labute approximate surface area is 171 Å². The summed E-state index contributed by atoms with van der Waals surface area (Å²) in [6.07, 6.45) is 0.805. The monoisotopic (exact) mass is 406 g/mol. The van der Waals surface area contributed by atoms with Gasteiger partial charge in [-0.3, -0.25) is 10.1 Å². The topological polar surface area (TPSA) is 98.8 Å². The molecule has 9 heteroatoms. The number of nitro groups is 1. The highest BCUT2D eigenvalue weighted by molar-refractivity contribution is 7.99. The van der Waals surface area contributed by atoms with Gasteiger partial charge < -0.3 is 5.32 Å². The number of nitrogens with one attached hydrogen (secondary N) is 1. The molecule has 0 radical (unpaired) electrons. The molecule has 0 saturated carbocycles. The highest BCUT2D eigenvalue weighted by atomic mass is 32.2. The van der Waals surface area contributed by atoms with Gasteiger partial charge in [0.15, 0.2) is 0 Å². The van der Waals surface area contributed by atoms with E-state index in [0.29, 0.717) is 17.4 Å². The Morgan fingerprint density at radius 1 is 1.03 bits per heavy atom. The van der Waals surface area contributed by atoms with Gasteiger partial charge in [-0.05, 0) is 34.4 Å². The van der Waals surface area contributed by atoms with Crippen LogP contribution in [-0.2, 0) is 0 Å². The summed E-state index contributed by atoms with van der Waals surface area (Å²) >= 11 is 1.56. The molecule has 146 valence electrons. The average molecular weight is 406 g/mol. The van der Waals surface area contributed by atoms with Gasteiger partial charge >= 0.3 is 0 Å². The van der Waals surface area contributed by atoms with Crippen LogP contribution in [0.5, 0.6) is 0 Å². The average Bonchev–Trinajstić information content (AvgIpc) is 3.21. The molecule has 4 rings (SSSR count). The van der Waals surface area contributed by atoms with E-state index in [1.165, 1.54) is 6.07 Å². The second kappa shape index (κ2) is 8.70. The van der Waals surface area contributed by atoms with Gasteiger partial charge in [0, 0.05) is 23.8 Å². The molecule has 8 nitrogen and oxygen atoms in total. The quantitative estimate of drug-likeness (QED) is 0.201. The Hall–Kier alpha value is -3.46. The number of nitro benzene ring substituents is 1. The van der Waals surface area contributed by atoms with Crippen LogP contribution in [0, 0.1) is 10.1 Å². The predicted molar refractivity (Wildman–Crippen MR) is 114 cm³/mol. The SMILES string of the molecule is O=[N+]([O-])c1ccccc1NCCCSc1nnnn1-c1cccc2ccccc12. The standard InChI is InChI=1S/C20H18N6O2S/c27-26(28)19-11-4-3-10-17(19)21-13-6-14-29-20-22-23-24-25(20)18-12-5-8-15-7-1-2-9-16(15)18/h1-5,7-12,21H,6,13-14H2. The lowest BCUT2D eigenvalue weighted by atomic mass is 10.1. The van der Waals surface area contributed by atoms with E-state index in [4.69, 9.17) is 0 Å². The molecule has 0 aliphatic rings. The first kappa shape index (κ1) is 18.9. The molecule has 1 aromatic heterocycles. The van der Waals surface area contributed by atoms with Gasteiger partial charge in [0.1, 0.15) is 5.69 Å². The van der Waals surface area contributed by atoms with Crippen LogP contribution in [0.25, 0.3) is 16.5 Å². The summed E-state index contributed by atoms with van der Waals surface area (Å²) in [5, 5.41) is 29.3. The molecule has 0 bridgehead atoms. The predicted octanol–water partition coefficient (Wildman–Crippen LogP) is 4.32. The number of anilines is 1. The Morgan fingerprint density at radius 2 is 1.83 bits per heavy atom. The summed E-state index contributed by atoms with van der Waals surface area (Å²) in [6, 6.07) is 20.8. The van der Waals surface area contributed by atoms with Crippen molar-refractivity contribution in [3.63, 3.8) is 0 Å². The lowest BCUT2D eigenvalue weighted by molar-refractivity contribution is -0.384. The zero-order valence-corrected chi connectivity index (χ0v) is 16.2. The van der Waals surface area contributed by atoms with Crippen molar-refractivity contribution in [2.75, 3.05) is 17.6 Å². The van der Waals surface area contributed by atoms with Crippen LogP contribution in [0.4, 0.5) is 11.4 Å². The minimum Gasteiger partial charge on any atom is -0.379 e. The van der Waals surface area contributed by atoms with Crippen LogP contribution < -0.4 is 5.32 Å².